The number of hydrogen-bond acceptors (Lipinski definition) is 8. The third-order valence-electron chi connectivity index (χ3n) is 3.29. The maximum Gasteiger partial charge on any atom is 0.231 e. The fourth-order valence-electron chi connectivity index (χ4n) is 1.96. The number of H-pyrrole nitrogens is 1. The van der Waals surface area contributed by atoms with E-state index in [1.807, 2.05) is 6.92 Å². The second-order valence-electron chi connectivity index (χ2n) is 4.69. The van der Waals surface area contributed by atoms with Gasteiger partial charge < -0.3 is 10.2 Å². The molecular weight excluding hydrogens is 320 g/mol. The highest BCUT2D eigenvalue weighted by Crippen LogP contribution is 2.22. The van der Waals surface area contributed by atoms with Crippen molar-refractivity contribution in [3.63, 3.8) is 0 Å². The molecule has 2 aromatic heterocycles. The number of imidazole rings is 1. The van der Waals surface area contributed by atoms with Gasteiger partial charge in [-0.05, 0) is 12.5 Å². The molecule has 2 rings (SSSR count). The molecule has 9 nitrogen and oxygen atoms in total. The molecule has 1 unspecified atom stereocenters. The monoisotopic (exact) mass is 336 g/mol. The van der Waals surface area contributed by atoms with Crippen LogP contribution in [0.3, 0.4) is 0 Å². The zero-order valence-electron chi connectivity index (χ0n) is 12.6. The molecule has 0 saturated heterocycles. The first-order valence-electron chi connectivity index (χ1n) is 6.88. The van der Waals surface area contributed by atoms with Crippen molar-refractivity contribution in [3.05, 3.63) is 34.4 Å². The van der Waals surface area contributed by atoms with Gasteiger partial charge >= 0.3 is 0 Å². The normalized spacial score (nSPS) is 14.2. The second-order valence-corrected chi connectivity index (χ2v) is 5.66. The molecule has 0 radical (unpaired) electrons. The van der Waals surface area contributed by atoms with E-state index in [0.717, 1.165) is 0 Å². The van der Waals surface area contributed by atoms with Crippen LogP contribution in [0, 0.1) is 10.1 Å². The first kappa shape index (κ1) is 16.9. The van der Waals surface area contributed by atoms with Gasteiger partial charge in [0.25, 0.3) is 0 Å². The number of thioether (sulfide) groups is 1. The molecule has 2 aromatic rings. The van der Waals surface area contributed by atoms with Gasteiger partial charge in [-0.3, -0.25) is 10.1 Å². The van der Waals surface area contributed by atoms with Crippen LogP contribution in [0.25, 0.3) is 11.2 Å². The van der Waals surface area contributed by atoms with Crippen LogP contribution < -0.4 is 0 Å². The largest absolute Gasteiger partial charge is 0.411 e. The lowest BCUT2D eigenvalue weighted by atomic mass is 10.1. The predicted molar refractivity (Wildman–Crippen MR) is 86.5 cm³/mol. The van der Waals surface area contributed by atoms with Gasteiger partial charge in [-0.1, -0.05) is 23.8 Å². The van der Waals surface area contributed by atoms with Crippen LogP contribution in [-0.2, 0) is 0 Å². The Kier molecular flexibility index (Phi) is 5.63. The van der Waals surface area contributed by atoms with Gasteiger partial charge in [-0.2, -0.15) is 0 Å². The summed E-state index contributed by atoms with van der Waals surface area (Å²) in [7, 11) is 0. The summed E-state index contributed by atoms with van der Waals surface area (Å²) in [5.74, 6) is 0.315. The molecule has 0 aliphatic rings. The predicted octanol–water partition coefficient (Wildman–Crippen LogP) is 2.28. The van der Waals surface area contributed by atoms with Crippen molar-refractivity contribution < 1.29 is 10.1 Å². The van der Waals surface area contributed by atoms with Crippen LogP contribution in [0.2, 0.25) is 0 Å². The Morgan fingerprint density at radius 1 is 1.57 bits per heavy atom. The third kappa shape index (κ3) is 4.03. The highest BCUT2D eigenvalue weighted by molar-refractivity contribution is 8.00. The highest BCUT2D eigenvalue weighted by Gasteiger charge is 2.18. The van der Waals surface area contributed by atoms with Gasteiger partial charge in [0, 0.05) is 23.2 Å². The van der Waals surface area contributed by atoms with Crippen LogP contribution in [-0.4, -0.2) is 47.6 Å². The topological polar surface area (TPSA) is 130 Å². The van der Waals surface area contributed by atoms with E-state index in [0.29, 0.717) is 39.6 Å². The van der Waals surface area contributed by atoms with Crippen molar-refractivity contribution in [1.29, 1.82) is 0 Å². The maximum absolute atomic E-state index is 10.9. The quantitative estimate of drug-likeness (QED) is 0.198. The highest BCUT2D eigenvalue weighted by atomic mass is 32.2. The minimum Gasteiger partial charge on any atom is -0.411 e. The van der Waals surface area contributed by atoms with Crippen molar-refractivity contribution in [3.8, 4) is 0 Å². The van der Waals surface area contributed by atoms with Crippen LogP contribution in [0.15, 0.2) is 34.5 Å². The Hall–Kier alpha value is -2.49. The Labute approximate surface area is 136 Å². The lowest BCUT2D eigenvalue weighted by molar-refractivity contribution is -0.507. The molecule has 2 heterocycles. The van der Waals surface area contributed by atoms with Crippen LogP contribution in [0.5, 0.6) is 0 Å². The number of nitrogens with zero attached hydrogens (tertiary/aromatic N) is 5. The number of aromatic amines is 1. The first-order valence-corrected chi connectivity index (χ1v) is 7.87. The molecule has 1 atom stereocenters. The fourth-order valence-corrected chi connectivity index (χ4v) is 2.80. The maximum atomic E-state index is 10.9. The number of allylic oxidation sites excluding steroid dienone is 1. The summed E-state index contributed by atoms with van der Waals surface area (Å²) in [6.45, 7) is 3.34. The first-order chi connectivity index (χ1) is 11.1. The fraction of sp³-hybridized carbons (Fsp3) is 0.385. The molecule has 0 bridgehead atoms. The van der Waals surface area contributed by atoms with Gasteiger partial charge in [0.2, 0.25) is 6.04 Å². The molecule has 0 aliphatic carbocycles. The number of fused-ring (bicyclic) bond motifs is 1. The van der Waals surface area contributed by atoms with E-state index in [4.69, 9.17) is 5.21 Å². The average molecular weight is 336 g/mol. The Bertz CT molecular complexity index is 757. The van der Waals surface area contributed by atoms with Crippen molar-refractivity contribution in [2.24, 2.45) is 5.16 Å². The molecule has 2 N–H and O–H groups in total. The van der Waals surface area contributed by atoms with Crippen LogP contribution in [0.1, 0.15) is 20.3 Å². The van der Waals surface area contributed by atoms with E-state index >= 15 is 0 Å². The zero-order valence-corrected chi connectivity index (χ0v) is 13.4. The van der Waals surface area contributed by atoms with E-state index in [9.17, 15) is 10.1 Å². The van der Waals surface area contributed by atoms with E-state index in [1.165, 1.54) is 31.3 Å². The molecule has 0 aromatic carbocycles. The molecule has 0 spiro atoms. The van der Waals surface area contributed by atoms with Crippen molar-refractivity contribution >= 4 is 28.6 Å². The van der Waals surface area contributed by atoms with Gasteiger partial charge in [0.05, 0.1) is 12.0 Å². The second kappa shape index (κ2) is 7.68. The molecule has 0 amide bonds. The molecular formula is C13H16N6O3S. The molecule has 23 heavy (non-hydrogen) atoms. The van der Waals surface area contributed by atoms with E-state index in [-0.39, 0.29) is 4.92 Å². The Balaban J connectivity index is 2.14. The lowest BCUT2D eigenvalue weighted by Crippen LogP contribution is -2.18. The number of hydrogen-bond donors (Lipinski definition) is 2. The van der Waals surface area contributed by atoms with Crippen molar-refractivity contribution in [2.45, 2.75) is 31.3 Å². The molecule has 10 heteroatoms. The standard InChI is InChI=1S/C13H16N6O3S/c1-3-9(8(2)19(21)22)4-10(18-20)5-23-13-11-12(15-6-14-11)16-7-17-13/h4,6-8,20H,3,5H2,1-2H3,(H,14,15,16,17). The number of nitro groups is 1. The van der Waals surface area contributed by atoms with Crippen LogP contribution in [0.4, 0.5) is 0 Å². The van der Waals surface area contributed by atoms with E-state index < -0.39 is 6.04 Å². The van der Waals surface area contributed by atoms with Gasteiger partial charge in [0.1, 0.15) is 16.9 Å². The van der Waals surface area contributed by atoms with E-state index in [1.54, 1.807) is 6.08 Å². The summed E-state index contributed by atoms with van der Waals surface area (Å²) in [4.78, 5) is 25.7. The lowest BCUT2D eigenvalue weighted by Gasteiger charge is -2.08. The summed E-state index contributed by atoms with van der Waals surface area (Å²) >= 11 is 1.33. The zero-order chi connectivity index (χ0) is 16.8. The SMILES string of the molecule is CCC(=CC(CSc1ncnc2nc[nH]c12)=NO)C(C)[N+](=O)[O-]. The average Bonchev–Trinajstić information content (AvgIpc) is 3.03. The smallest absolute Gasteiger partial charge is 0.231 e. The Morgan fingerprint density at radius 3 is 3.00 bits per heavy atom. The van der Waals surface area contributed by atoms with Gasteiger partial charge in [0.15, 0.2) is 5.65 Å². The summed E-state index contributed by atoms with van der Waals surface area (Å²) in [6.07, 6.45) is 5.00. The Morgan fingerprint density at radius 2 is 2.35 bits per heavy atom. The summed E-state index contributed by atoms with van der Waals surface area (Å²) in [5.41, 5.74) is 2.19. The minimum absolute atomic E-state index is 0.315. The molecule has 0 saturated carbocycles. The van der Waals surface area contributed by atoms with Crippen molar-refractivity contribution in [2.75, 3.05) is 5.75 Å². The van der Waals surface area contributed by atoms with E-state index in [2.05, 4.69) is 25.1 Å². The van der Waals surface area contributed by atoms with Gasteiger partial charge in [-0.25, -0.2) is 15.0 Å². The number of aromatic nitrogens is 4. The third-order valence-corrected chi connectivity index (χ3v) is 4.31. The summed E-state index contributed by atoms with van der Waals surface area (Å²) in [6, 6.07) is -0.819. The number of rotatable bonds is 7. The number of oxime groups is 1. The van der Waals surface area contributed by atoms with Crippen molar-refractivity contribution in [1.82, 2.24) is 19.9 Å². The molecule has 122 valence electrons. The van der Waals surface area contributed by atoms with Crippen LogP contribution >= 0.6 is 11.8 Å². The number of nitrogens with one attached hydrogen (secondary N) is 1. The molecule has 0 fully saturated rings. The molecule has 0 aliphatic heterocycles. The minimum atomic E-state index is -0.819. The van der Waals surface area contributed by atoms with Gasteiger partial charge in [-0.15, -0.1) is 0 Å². The summed E-state index contributed by atoms with van der Waals surface area (Å²) < 4.78 is 0. The summed E-state index contributed by atoms with van der Waals surface area (Å²) in [5, 5.41) is 23.9.